The molecule has 36 heavy (non-hydrogen) atoms. The molecule has 0 saturated heterocycles. The highest BCUT2D eigenvalue weighted by atomic mass is 16.5. The van der Waals surface area contributed by atoms with E-state index < -0.39 is 12.1 Å². The van der Waals surface area contributed by atoms with Crippen LogP contribution in [0.5, 0.6) is 11.5 Å². The lowest BCUT2D eigenvalue weighted by Gasteiger charge is -2.36. The van der Waals surface area contributed by atoms with E-state index in [0.29, 0.717) is 42.2 Å². The molecule has 3 aliphatic rings. The second kappa shape index (κ2) is 10.1. The van der Waals surface area contributed by atoms with Gasteiger partial charge in [0, 0.05) is 6.54 Å². The first-order chi connectivity index (χ1) is 17.3. The van der Waals surface area contributed by atoms with E-state index in [9.17, 15) is 14.7 Å². The third kappa shape index (κ3) is 5.34. The fraction of sp³-hybridized carbons (Fsp3) is 0.467. The van der Waals surface area contributed by atoms with Gasteiger partial charge >= 0.3 is 5.97 Å². The molecule has 2 aromatic rings. The molecular formula is C30H35NO5. The van der Waals surface area contributed by atoms with Gasteiger partial charge in [0.2, 0.25) is 5.91 Å². The van der Waals surface area contributed by atoms with E-state index in [1.54, 1.807) is 17.7 Å². The number of aromatic carboxylic acids is 1. The van der Waals surface area contributed by atoms with E-state index in [2.05, 4.69) is 18.3 Å². The number of hydrogen-bond acceptors (Lipinski definition) is 4. The number of fused-ring (bicyclic) bond motifs is 1. The van der Waals surface area contributed by atoms with Crippen molar-refractivity contribution in [2.24, 2.45) is 23.2 Å². The number of carboxylic acid groups (broad SMARTS) is 1. The van der Waals surface area contributed by atoms with Gasteiger partial charge < -0.3 is 20.3 Å². The molecule has 2 saturated carbocycles. The maximum absolute atomic E-state index is 12.5. The lowest BCUT2D eigenvalue weighted by Crippen LogP contribution is -2.36. The summed E-state index contributed by atoms with van der Waals surface area (Å²) >= 11 is 0. The Morgan fingerprint density at radius 3 is 2.44 bits per heavy atom. The average molecular weight is 490 g/mol. The highest BCUT2D eigenvalue weighted by Crippen LogP contribution is 2.63. The number of allylic oxidation sites excluding steroid dienone is 2. The zero-order valence-electron chi connectivity index (χ0n) is 20.8. The third-order valence-corrected chi connectivity index (χ3v) is 8.37. The second-order valence-electron chi connectivity index (χ2n) is 11.1. The predicted octanol–water partition coefficient (Wildman–Crippen LogP) is 5.36. The summed E-state index contributed by atoms with van der Waals surface area (Å²) in [6.45, 7) is 2.77. The van der Waals surface area contributed by atoms with Crippen molar-refractivity contribution in [1.29, 1.82) is 0 Å². The van der Waals surface area contributed by atoms with Crippen LogP contribution >= 0.6 is 0 Å². The van der Waals surface area contributed by atoms with Crippen LogP contribution in [-0.4, -0.2) is 34.7 Å². The van der Waals surface area contributed by atoms with Crippen molar-refractivity contribution in [3.05, 3.63) is 71.3 Å². The van der Waals surface area contributed by atoms with Crippen molar-refractivity contribution >= 4 is 11.9 Å². The number of aliphatic hydroxyl groups excluding tert-OH is 1. The van der Waals surface area contributed by atoms with Crippen LogP contribution in [0.3, 0.4) is 0 Å². The van der Waals surface area contributed by atoms with Gasteiger partial charge in [0.15, 0.2) is 0 Å². The van der Waals surface area contributed by atoms with Crippen LogP contribution in [0.25, 0.3) is 0 Å². The maximum atomic E-state index is 12.5. The van der Waals surface area contributed by atoms with Crippen LogP contribution in [0.1, 0.15) is 61.4 Å². The molecule has 5 atom stereocenters. The highest BCUT2D eigenvalue weighted by Gasteiger charge is 2.53. The minimum Gasteiger partial charge on any atom is -0.478 e. The Hall–Kier alpha value is -3.12. The molecule has 5 unspecified atom stereocenters. The molecule has 2 aromatic carbocycles. The molecule has 0 aromatic heterocycles. The summed E-state index contributed by atoms with van der Waals surface area (Å²) in [4.78, 5) is 23.5. The van der Waals surface area contributed by atoms with Gasteiger partial charge in [-0.1, -0.05) is 30.7 Å². The van der Waals surface area contributed by atoms with Crippen molar-refractivity contribution in [1.82, 2.24) is 5.32 Å². The summed E-state index contributed by atoms with van der Waals surface area (Å²) in [6, 6.07) is 13.8. The molecule has 0 aliphatic heterocycles. The minimum atomic E-state index is -0.972. The summed E-state index contributed by atoms with van der Waals surface area (Å²) in [5.74, 6) is 2.17. The van der Waals surface area contributed by atoms with Crippen LogP contribution in [0, 0.1) is 23.2 Å². The zero-order valence-corrected chi connectivity index (χ0v) is 20.8. The summed E-state index contributed by atoms with van der Waals surface area (Å²) in [7, 11) is 0. The molecule has 1 amide bonds. The predicted molar refractivity (Wildman–Crippen MR) is 137 cm³/mol. The lowest BCUT2D eigenvalue weighted by molar-refractivity contribution is -0.129. The lowest BCUT2D eigenvalue weighted by atomic mass is 9.69. The van der Waals surface area contributed by atoms with Gasteiger partial charge in [-0.25, -0.2) is 4.79 Å². The number of carbonyl (C=O) groups excluding carboxylic acids is 1. The van der Waals surface area contributed by atoms with E-state index in [1.807, 2.05) is 24.3 Å². The number of carboxylic acids is 1. The Morgan fingerprint density at radius 2 is 1.75 bits per heavy atom. The summed E-state index contributed by atoms with van der Waals surface area (Å²) < 4.78 is 5.76. The third-order valence-electron chi connectivity index (χ3n) is 8.37. The molecule has 2 fully saturated rings. The van der Waals surface area contributed by atoms with Crippen LogP contribution in [0.2, 0.25) is 0 Å². The van der Waals surface area contributed by atoms with Gasteiger partial charge in [-0.05, 0) is 110 Å². The van der Waals surface area contributed by atoms with Gasteiger partial charge in [0.1, 0.15) is 17.6 Å². The number of aliphatic hydroxyl groups is 1. The van der Waals surface area contributed by atoms with E-state index in [1.165, 1.54) is 37.8 Å². The first-order valence-corrected chi connectivity index (χ1v) is 13.1. The van der Waals surface area contributed by atoms with Crippen molar-refractivity contribution in [3.8, 4) is 11.5 Å². The standard InChI is InChI=1S/C30H35NO5/c1-19-14-22-15-23-17-30(16-19,18-26(22)23)12-10-27(32)28(33)31-13-11-20-2-6-24(7-3-20)36-25-8-4-21(5-9-25)29(34)35/h2-9,14,19,23,26-27,32H,10-13,15-18H2,1H3,(H,31,33)(H,34,35). The van der Waals surface area contributed by atoms with Gasteiger partial charge in [-0.2, -0.15) is 0 Å². The maximum Gasteiger partial charge on any atom is 0.335 e. The van der Waals surface area contributed by atoms with E-state index >= 15 is 0 Å². The first-order valence-electron chi connectivity index (χ1n) is 13.1. The number of hydrogen-bond donors (Lipinski definition) is 3. The Kier molecular flexibility index (Phi) is 6.89. The molecular weight excluding hydrogens is 454 g/mol. The van der Waals surface area contributed by atoms with Crippen LogP contribution in [-0.2, 0) is 11.2 Å². The smallest absolute Gasteiger partial charge is 0.335 e. The number of benzene rings is 2. The van der Waals surface area contributed by atoms with Crippen LogP contribution in [0.4, 0.5) is 0 Å². The monoisotopic (exact) mass is 489 g/mol. The summed E-state index contributed by atoms with van der Waals surface area (Å²) in [5.41, 5.74) is 3.23. The molecule has 3 N–H and O–H groups in total. The van der Waals surface area contributed by atoms with Crippen molar-refractivity contribution in [2.45, 2.75) is 58.0 Å². The Labute approximate surface area is 212 Å². The molecule has 0 heterocycles. The first kappa shape index (κ1) is 24.6. The van der Waals surface area contributed by atoms with Gasteiger partial charge in [0.25, 0.3) is 0 Å². The number of amides is 1. The van der Waals surface area contributed by atoms with E-state index in [-0.39, 0.29) is 11.5 Å². The summed E-state index contributed by atoms with van der Waals surface area (Å²) in [5, 5.41) is 22.4. The zero-order chi connectivity index (χ0) is 25.3. The fourth-order valence-corrected chi connectivity index (χ4v) is 6.68. The normalized spacial score (nSPS) is 26.8. The number of nitrogens with one attached hydrogen (secondary N) is 1. The largest absolute Gasteiger partial charge is 0.478 e. The molecule has 6 heteroatoms. The minimum absolute atomic E-state index is 0.213. The molecule has 190 valence electrons. The second-order valence-corrected chi connectivity index (χ2v) is 11.1. The number of carbonyl (C=O) groups is 2. The van der Waals surface area contributed by atoms with E-state index in [4.69, 9.17) is 9.84 Å². The topological polar surface area (TPSA) is 95.9 Å². The number of rotatable bonds is 10. The average Bonchev–Trinajstić information content (AvgIpc) is 3.07. The molecule has 0 radical (unpaired) electrons. The van der Waals surface area contributed by atoms with Crippen LogP contribution < -0.4 is 10.1 Å². The SMILES string of the molecule is CC1C=C2CC3CC(CCC(O)C(=O)NCCc4ccc(Oc5ccc(C(=O)O)cc5)cc4)(C1)CC23. The van der Waals surface area contributed by atoms with Gasteiger partial charge in [-0.15, -0.1) is 0 Å². The molecule has 2 bridgehead atoms. The van der Waals surface area contributed by atoms with Gasteiger partial charge in [-0.3, -0.25) is 4.79 Å². The van der Waals surface area contributed by atoms with Crippen LogP contribution in [0.15, 0.2) is 60.2 Å². The molecule has 6 nitrogen and oxygen atoms in total. The van der Waals surface area contributed by atoms with Crippen molar-refractivity contribution in [2.75, 3.05) is 6.54 Å². The fourth-order valence-electron chi connectivity index (χ4n) is 6.68. The molecule has 5 rings (SSSR count). The van der Waals surface area contributed by atoms with Gasteiger partial charge in [0.05, 0.1) is 5.56 Å². The van der Waals surface area contributed by atoms with Crippen molar-refractivity contribution in [3.63, 3.8) is 0 Å². The quantitative estimate of drug-likeness (QED) is 0.391. The Morgan fingerprint density at radius 1 is 1.06 bits per heavy atom. The van der Waals surface area contributed by atoms with E-state index in [0.717, 1.165) is 23.8 Å². The molecule has 3 aliphatic carbocycles. The highest BCUT2D eigenvalue weighted by molar-refractivity contribution is 5.87. The number of ether oxygens (including phenoxy) is 1. The summed E-state index contributed by atoms with van der Waals surface area (Å²) in [6.07, 6.45) is 8.63. The van der Waals surface area contributed by atoms with Crippen molar-refractivity contribution < 1.29 is 24.5 Å². The molecule has 0 spiro atoms. The Balaban J connectivity index is 1.04. The Bertz CT molecular complexity index is 1140.